The smallest absolute Gasteiger partial charge is 0.303 e. The molecular formula is C13H23NO4. The average Bonchev–Trinajstić information content (AvgIpc) is 2.69. The van der Waals surface area contributed by atoms with Crippen molar-refractivity contribution in [2.75, 3.05) is 13.2 Å². The Morgan fingerprint density at radius 1 is 1.44 bits per heavy atom. The number of carboxylic acid groups (broad SMARTS) is 1. The molecule has 1 N–H and O–H groups in total. The molecular weight excluding hydrogens is 234 g/mol. The van der Waals surface area contributed by atoms with E-state index in [1.54, 1.807) is 4.90 Å². The van der Waals surface area contributed by atoms with Gasteiger partial charge >= 0.3 is 5.97 Å². The first kappa shape index (κ1) is 15.0. The van der Waals surface area contributed by atoms with Gasteiger partial charge in [0.15, 0.2) is 0 Å². The summed E-state index contributed by atoms with van der Waals surface area (Å²) < 4.78 is 5.48. The van der Waals surface area contributed by atoms with Crippen LogP contribution < -0.4 is 0 Å². The summed E-state index contributed by atoms with van der Waals surface area (Å²) in [5.41, 5.74) is 0. The number of rotatable bonds is 6. The Bertz CT molecular complexity index is 303. The van der Waals surface area contributed by atoms with E-state index in [1.807, 2.05) is 20.8 Å². The predicted molar refractivity (Wildman–Crippen MR) is 67.2 cm³/mol. The van der Waals surface area contributed by atoms with E-state index in [2.05, 4.69) is 0 Å². The lowest BCUT2D eigenvalue weighted by atomic mass is 10.0. The first-order chi connectivity index (χ1) is 8.43. The third-order valence-electron chi connectivity index (χ3n) is 3.33. The minimum atomic E-state index is -0.823. The van der Waals surface area contributed by atoms with Gasteiger partial charge in [-0.2, -0.15) is 0 Å². The Morgan fingerprint density at radius 2 is 2.11 bits per heavy atom. The van der Waals surface area contributed by atoms with Gasteiger partial charge in [0.25, 0.3) is 5.91 Å². The topological polar surface area (TPSA) is 66.8 Å². The van der Waals surface area contributed by atoms with Crippen LogP contribution in [0.3, 0.4) is 0 Å². The molecule has 1 aliphatic heterocycles. The quantitative estimate of drug-likeness (QED) is 0.783. The molecule has 1 aliphatic rings. The van der Waals surface area contributed by atoms with Crippen molar-refractivity contribution in [3.63, 3.8) is 0 Å². The van der Waals surface area contributed by atoms with Crippen LogP contribution in [0.15, 0.2) is 0 Å². The lowest BCUT2D eigenvalue weighted by Crippen LogP contribution is -2.45. The molecule has 5 nitrogen and oxygen atoms in total. The summed E-state index contributed by atoms with van der Waals surface area (Å²) >= 11 is 0. The maximum Gasteiger partial charge on any atom is 0.303 e. The molecule has 1 saturated heterocycles. The van der Waals surface area contributed by atoms with Gasteiger partial charge in [0, 0.05) is 25.6 Å². The molecule has 2 atom stereocenters. The zero-order valence-electron chi connectivity index (χ0n) is 11.4. The molecule has 1 rings (SSSR count). The summed E-state index contributed by atoms with van der Waals surface area (Å²) in [5.74, 6) is -0.574. The van der Waals surface area contributed by atoms with Crippen LogP contribution in [0, 0.1) is 5.92 Å². The predicted octanol–water partition coefficient (Wildman–Crippen LogP) is 1.51. The van der Waals surface area contributed by atoms with E-state index in [1.165, 1.54) is 0 Å². The Labute approximate surface area is 108 Å². The Morgan fingerprint density at radius 3 is 2.56 bits per heavy atom. The number of hydrogen-bond donors (Lipinski definition) is 1. The first-order valence-electron chi connectivity index (χ1n) is 6.57. The van der Waals surface area contributed by atoms with Crippen molar-refractivity contribution >= 4 is 11.9 Å². The summed E-state index contributed by atoms with van der Waals surface area (Å²) in [5, 5.41) is 8.63. The molecule has 0 radical (unpaired) electrons. The molecule has 0 aromatic carbocycles. The van der Waals surface area contributed by atoms with Gasteiger partial charge in [0.05, 0.1) is 0 Å². The van der Waals surface area contributed by atoms with Crippen molar-refractivity contribution in [2.45, 2.75) is 52.2 Å². The minimum absolute atomic E-state index is 0.000360. The highest BCUT2D eigenvalue weighted by Gasteiger charge is 2.34. The van der Waals surface area contributed by atoms with E-state index >= 15 is 0 Å². The van der Waals surface area contributed by atoms with Crippen LogP contribution in [0.4, 0.5) is 0 Å². The number of nitrogens with zero attached hydrogens (tertiary/aromatic N) is 1. The van der Waals surface area contributed by atoms with Gasteiger partial charge in [-0.25, -0.2) is 0 Å². The number of aliphatic carboxylic acids is 1. The van der Waals surface area contributed by atoms with Crippen molar-refractivity contribution in [1.29, 1.82) is 0 Å². The van der Waals surface area contributed by atoms with Gasteiger partial charge in [-0.3, -0.25) is 9.59 Å². The van der Waals surface area contributed by atoms with E-state index in [0.717, 1.165) is 6.42 Å². The van der Waals surface area contributed by atoms with Crippen LogP contribution in [-0.4, -0.2) is 47.2 Å². The van der Waals surface area contributed by atoms with Crippen LogP contribution in [0.25, 0.3) is 0 Å². The molecule has 0 aromatic rings. The molecule has 0 saturated carbocycles. The Balaban J connectivity index is 2.55. The number of hydrogen-bond acceptors (Lipinski definition) is 3. The normalized spacial score (nSPS) is 23.3. The van der Waals surface area contributed by atoms with E-state index < -0.39 is 5.97 Å². The molecule has 1 heterocycles. The number of carbonyl (C=O) groups is 2. The molecule has 1 amide bonds. The van der Waals surface area contributed by atoms with Gasteiger partial charge in [-0.05, 0) is 32.6 Å². The second-order valence-electron chi connectivity index (χ2n) is 5.18. The second kappa shape index (κ2) is 6.73. The average molecular weight is 257 g/mol. The molecule has 0 spiro atoms. The van der Waals surface area contributed by atoms with Crippen LogP contribution >= 0.6 is 0 Å². The van der Waals surface area contributed by atoms with Crippen LogP contribution in [-0.2, 0) is 14.3 Å². The third-order valence-corrected chi connectivity index (χ3v) is 3.33. The fourth-order valence-corrected chi connectivity index (χ4v) is 2.20. The lowest BCUT2D eigenvalue weighted by molar-refractivity contribution is -0.145. The van der Waals surface area contributed by atoms with Crippen molar-refractivity contribution in [3.8, 4) is 0 Å². The molecule has 0 aliphatic carbocycles. The molecule has 104 valence electrons. The van der Waals surface area contributed by atoms with E-state index in [4.69, 9.17) is 9.84 Å². The highest BCUT2D eigenvalue weighted by Crippen LogP contribution is 2.22. The van der Waals surface area contributed by atoms with Crippen molar-refractivity contribution in [1.82, 2.24) is 4.90 Å². The highest BCUT2D eigenvalue weighted by molar-refractivity contribution is 5.81. The molecule has 0 bridgehead atoms. The van der Waals surface area contributed by atoms with Crippen LogP contribution in [0.2, 0.25) is 0 Å². The van der Waals surface area contributed by atoms with Crippen molar-refractivity contribution in [3.05, 3.63) is 0 Å². The summed E-state index contributed by atoms with van der Waals surface area (Å²) in [7, 11) is 0. The third kappa shape index (κ3) is 3.98. The number of ether oxygens (including phenoxy) is 1. The SMILES string of the molecule is CC1CCOC1C(=O)N(CCCC(=O)O)C(C)C. The number of carboxylic acids is 1. The lowest BCUT2D eigenvalue weighted by Gasteiger charge is -2.30. The van der Waals surface area contributed by atoms with Gasteiger partial charge < -0.3 is 14.7 Å². The maximum atomic E-state index is 12.3. The Hall–Kier alpha value is -1.10. The van der Waals surface area contributed by atoms with Gasteiger partial charge in [-0.15, -0.1) is 0 Å². The highest BCUT2D eigenvalue weighted by atomic mass is 16.5. The maximum absolute atomic E-state index is 12.3. The first-order valence-corrected chi connectivity index (χ1v) is 6.57. The summed E-state index contributed by atoms with van der Waals surface area (Å²) in [6.07, 6.45) is 1.15. The summed E-state index contributed by atoms with van der Waals surface area (Å²) in [6, 6.07) is 0.0719. The van der Waals surface area contributed by atoms with Gasteiger partial charge in [0.2, 0.25) is 0 Å². The van der Waals surface area contributed by atoms with Gasteiger partial charge in [0.1, 0.15) is 6.10 Å². The van der Waals surface area contributed by atoms with Crippen molar-refractivity contribution < 1.29 is 19.4 Å². The van der Waals surface area contributed by atoms with Crippen LogP contribution in [0.5, 0.6) is 0 Å². The summed E-state index contributed by atoms with van der Waals surface area (Å²) in [4.78, 5) is 24.6. The van der Waals surface area contributed by atoms with E-state index in [-0.39, 0.29) is 30.4 Å². The molecule has 18 heavy (non-hydrogen) atoms. The zero-order chi connectivity index (χ0) is 13.7. The minimum Gasteiger partial charge on any atom is -0.481 e. The van der Waals surface area contributed by atoms with Crippen molar-refractivity contribution in [2.24, 2.45) is 5.92 Å². The Kier molecular flexibility index (Phi) is 5.59. The van der Waals surface area contributed by atoms with E-state index in [9.17, 15) is 9.59 Å². The zero-order valence-corrected chi connectivity index (χ0v) is 11.4. The van der Waals surface area contributed by atoms with Crippen LogP contribution in [0.1, 0.15) is 40.0 Å². The fourth-order valence-electron chi connectivity index (χ4n) is 2.20. The number of amides is 1. The second-order valence-corrected chi connectivity index (χ2v) is 5.18. The standard InChI is InChI=1S/C13H23NO4/c1-9(2)14(7-4-5-11(15)16)13(17)12-10(3)6-8-18-12/h9-10,12H,4-8H2,1-3H3,(H,15,16). The number of carbonyl (C=O) groups excluding carboxylic acids is 1. The molecule has 2 unspecified atom stereocenters. The monoisotopic (exact) mass is 257 g/mol. The molecule has 0 aromatic heterocycles. The summed E-state index contributed by atoms with van der Waals surface area (Å²) in [6.45, 7) is 7.02. The van der Waals surface area contributed by atoms with Gasteiger partial charge in [-0.1, -0.05) is 6.92 Å². The largest absolute Gasteiger partial charge is 0.481 e. The fraction of sp³-hybridized carbons (Fsp3) is 0.846. The molecule has 1 fully saturated rings. The van der Waals surface area contributed by atoms with E-state index in [0.29, 0.717) is 19.6 Å². The molecule has 5 heteroatoms.